The van der Waals surface area contributed by atoms with Crippen LogP contribution >= 0.6 is 0 Å². The summed E-state index contributed by atoms with van der Waals surface area (Å²) in [6.45, 7) is 2.59. The van der Waals surface area contributed by atoms with Crippen molar-refractivity contribution in [3.05, 3.63) is 71.8 Å². The van der Waals surface area contributed by atoms with Crippen molar-refractivity contribution < 1.29 is 23.0 Å². The molecule has 1 unspecified atom stereocenters. The standard InChI is InChI=1S/C23H28F3NO2/c1-18(28)29-22(23(24,25)26)14-12-21(13-15-22)27(16-19-8-4-2-5-9-19)17-20-10-6-3-7-11-20/h2-11,18,21,28H,12-17H2,1H3. The Labute approximate surface area is 170 Å². The molecule has 1 saturated carbocycles. The number of hydrogen-bond acceptors (Lipinski definition) is 3. The Kier molecular flexibility index (Phi) is 6.98. The largest absolute Gasteiger partial charge is 0.417 e. The van der Waals surface area contributed by atoms with E-state index in [2.05, 4.69) is 4.90 Å². The molecular formula is C23H28F3NO2. The van der Waals surface area contributed by atoms with E-state index >= 15 is 0 Å². The average Bonchev–Trinajstić information content (AvgIpc) is 2.68. The Morgan fingerprint density at radius 2 is 1.41 bits per heavy atom. The third kappa shape index (κ3) is 5.59. The van der Waals surface area contributed by atoms with Crippen LogP contribution < -0.4 is 0 Å². The molecule has 1 atom stereocenters. The van der Waals surface area contributed by atoms with Crippen molar-refractivity contribution in [3.8, 4) is 0 Å². The molecule has 0 bridgehead atoms. The van der Waals surface area contributed by atoms with Crippen LogP contribution in [0.2, 0.25) is 0 Å². The van der Waals surface area contributed by atoms with Crippen molar-refractivity contribution in [3.63, 3.8) is 0 Å². The van der Waals surface area contributed by atoms with Gasteiger partial charge in [-0.15, -0.1) is 0 Å². The summed E-state index contributed by atoms with van der Waals surface area (Å²) in [6.07, 6.45) is -5.51. The van der Waals surface area contributed by atoms with Gasteiger partial charge in [0.1, 0.15) is 0 Å². The highest BCUT2D eigenvalue weighted by Crippen LogP contribution is 2.46. The minimum Gasteiger partial charge on any atom is -0.368 e. The molecule has 1 fully saturated rings. The number of aliphatic hydroxyl groups excluding tert-OH is 1. The van der Waals surface area contributed by atoms with Gasteiger partial charge < -0.3 is 9.84 Å². The third-order valence-electron chi connectivity index (χ3n) is 5.65. The first-order valence-corrected chi connectivity index (χ1v) is 10.0. The Morgan fingerprint density at radius 1 is 0.966 bits per heavy atom. The molecular weight excluding hydrogens is 379 g/mol. The molecule has 2 aromatic carbocycles. The lowest BCUT2D eigenvalue weighted by molar-refractivity contribution is -0.324. The summed E-state index contributed by atoms with van der Waals surface area (Å²) in [5.41, 5.74) is 0.00988. The molecule has 1 aliphatic carbocycles. The van der Waals surface area contributed by atoms with Gasteiger partial charge in [-0.3, -0.25) is 4.90 Å². The summed E-state index contributed by atoms with van der Waals surface area (Å²) < 4.78 is 46.2. The second kappa shape index (κ2) is 9.28. The molecule has 2 aromatic rings. The fourth-order valence-electron chi connectivity index (χ4n) is 4.18. The second-order valence-electron chi connectivity index (χ2n) is 7.82. The number of benzene rings is 2. The summed E-state index contributed by atoms with van der Waals surface area (Å²) in [6, 6.07) is 20.0. The van der Waals surface area contributed by atoms with Gasteiger partial charge in [0.15, 0.2) is 11.9 Å². The van der Waals surface area contributed by atoms with E-state index in [4.69, 9.17) is 4.74 Å². The van der Waals surface area contributed by atoms with Gasteiger partial charge in [-0.2, -0.15) is 13.2 Å². The Hall–Kier alpha value is -1.89. The molecule has 1 N–H and O–H groups in total. The van der Waals surface area contributed by atoms with E-state index in [-0.39, 0.29) is 18.9 Å². The highest BCUT2D eigenvalue weighted by atomic mass is 19.4. The highest BCUT2D eigenvalue weighted by Gasteiger charge is 2.58. The first-order chi connectivity index (χ1) is 13.8. The van der Waals surface area contributed by atoms with Gasteiger partial charge in [-0.1, -0.05) is 60.7 Å². The molecule has 0 spiro atoms. The van der Waals surface area contributed by atoms with E-state index in [1.165, 1.54) is 6.92 Å². The zero-order chi connectivity index (χ0) is 20.9. The van der Waals surface area contributed by atoms with E-state index in [0.717, 1.165) is 11.1 Å². The monoisotopic (exact) mass is 407 g/mol. The van der Waals surface area contributed by atoms with Crippen molar-refractivity contribution in [2.75, 3.05) is 0 Å². The zero-order valence-electron chi connectivity index (χ0n) is 16.6. The number of rotatable bonds is 7. The quantitative estimate of drug-likeness (QED) is 0.633. The van der Waals surface area contributed by atoms with Crippen molar-refractivity contribution in [1.29, 1.82) is 0 Å². The molecule has 0 aromatic heterocycles. The van der Waals surface area contributed by atoms with Crippen molar-refractivity contribution >= 4 is 0 Å². The third-order valence-corrected chi connectivity index (χ3v) is 5.65. The summed E-state index contributed by atoms with van der Waals surface area (Å²) in [4.78, 5) is 2.26. The zero-order valence-corrected chi connectivity index (χ0v) is 16.6. The maximum absolute atomic E-state index is 13.7. The van der Waals surface area contributed by atoms with Gasteiger partial charge in [-0.25, -0.2) is 0 Å². The number of ether oxygens (including phenoxy) is 1. The molecule has 0 saturated heterocycles. The van der Waals surface area contributed by atoms with Gasteiger partial charge in [0.05, 0.1) is 0 Å². The highest BCUT2D eigenvalue weighted by molar-refractivity contribution is 5.17. The molecule has 0 heterocycles. The van der Waals surface area contributed by atoms with Gasteiger partial charge in [-0.05, 0) is 43.7 Å². The van der Waals surface area contributed by atoms with Gasteiger partial charge in [0.25, 0.3) is 0 Å². The van der Waals surface area contributed by atoms with Gasteiger partial charge >= 0.3 is 6.18 Å². The van der Waals surface area contributed by atoms with Crippen LogP contribution in [0.4, 0.5) is 13.2 Å². The Bertz CT molecular complexity index is 700. The Balaban J connectivity index is 1.76. The van der Waals surface area contributed by atoms with Crippen LogP contribution in [0.1, 0.15) is 43.7 Å². The van der Waals surface area contributed by atoms with E-state index in [9.17, 15) is 18.3 Å². The van der Waals surface area contributed by atoms with Crippen LogP contribution in [-0.2, 0) is 17.8 Å². The van der Waals surface area contributed by atoms with Crippen LogP contribution in [0.5, 0.6) is 0 Å². The van der Waals surface area contributed by atoms with Gasteiger partial charge in [0.2, 0.25) is 0 Å². The van der Waals surface area contributed by atoms with E-state index < -0.39 is 18.1 Å². The van der Waals surface area contributed by atoms with Crippen LogP contribution in [0.15, 0.2) is 60.7 Å². The normalized spacial score (nSPS) is 23.9. The Morgan fingerprint density at radius 3 is 1.79 bits per heavy atom. The average molecular weight is 407 g/mol. The summed E-state index contributed by atoms with van der Waals surface area (Å²) in [5.74, 6) is 0. The number of hydrogen-bond donors (Lipinski definition) is 1. The smallest absolute Gasteiger partial charge is 0.368 e. The molecule has 1 aliphatic rings. The van der Waals surface area contributed by atoms with Gasteiger partial charge in [0, 0.05) is 19.1 Å². The van der Waals surface area contributed by atoms with Crippen LogP contribution in [0, 0.1) is 0 Å². The molecule has 3 rings (SSSR count). The lowest BCUT2D eigenvalue weighted by atomic mass is 9.80. The predicted molar refractivity (Wildman–Crippen MR) is 106 cm³/mol. The topological polar surface area (TPSA) is 32.7 Å². The first-order valence-electron chi connectivity index (χ1n) is 10.0. The molecule has 158 valence electrons. The van der Waals surface area contributed by atoms with E-state index in [1.807, 2.05) is 60.7 Å². The van der Waals surface area contributed by atoms with Crippen LogP contribution in [0.25, 0.3) is 0 Å². The molecule has 0 aliphatic heterocycles. The maximum atomic E-state index is 13.7. The number of halogens is 3. The molecule has 6 heteroatoms. The molecule has 3 nitrogen and oxygen atoms in total. The van der Waals surface area contributed by atoms with Crippen molar-refractivity contribution in [2.24, 2.45) is 0 Å². The molecule has 29 heavy (non-hydrogen) atoms. The van der Waals surface area contributed by atoms with Crippen LogP contribution in [-0.4, -0.2) is 34.1 Å². The van der Waals surface area contributed by atoms with E-state index in [1.54, 1.807) is 0 Å². The predicted octanol–water partition coefficient (Wildman–Crippen LogP) is 5.29. The SMILES string of the molecule is CC(O)OC1(C(F)(F)F)CCC(N(Cc2ccccc2)Cc2ccccc2)CC1. The van der Waals surface area contributed by atoms with Crippen LogP contribution in [0.3, 0.4) is 0 Å². The fourth-order valence-corrected chi connectivity index (χ4v) is 4.18. The lowest BCUT2D eigenvalue weighted by Gasteiger charge is -2.44. The van der Waals surface area contributed by atoms with Crippen molar-refractivity contribution in [2.45, 2.75) is 69.8 Å². The summed E-state index contributed by atoms with van der Waals surface area (Å²) in [5, 5.41) is 9.47. The fraction of sp³-hybridized carbons (Fsp3) is 0.478. The first kappa shape index (κ1) is 21.8. The molecule has 0 amide bonds. The second-order valence-corrected chi connectivity index (χ2v) is 7.82. The summed E-state index contributed by atoms with van der Waals surface area (Å²) in [7, 11) is 0. The molecule has 0 radical (unpaired) electrons. The number of alkyl halides is 3. The summed E-state index contributed by atoms with van der Waals surface area (Å²) >= 11 is 0. The lowest BCUT2D eigenvalue weighted by Crippen LogP contribution is -2.54. The minimum absolute atomic E-state index is 0.0171. The number of aliphatic hydroxyl groups is 1. The van der Waals surface area contributed by atoms with E-state index in [0.29, 0.717) is 25.9 Å². The van der Waals surface area contributed by atoms with Crippen molar-refractivity contribution in [1.82, 2.24) is 4.90 Å². The maximum Gasteiger partial charge on any atom is 0.417 e. The number of nitrogens with zero attached hydrogens (tertiary/aromatic N) is 1. The minimum atomic E-state index is -4.50.